The summed E-state index contributed by atoms with van der Waals surface area (Å²) in [5.74, 6) is 0.514. The first kappa shape index (κ1) is 19.0. The van der Waals surface area contributed by atoms with E-state index in [0.29, 0.717) is 11.3 Å². The summed E-state index contributed by atoms with van der Waals surface area (Å²) < 4.78 is 0. The minimum absolute atomic E-state index is 0.343. The monoisotopic (exact) mass is 305 g/mol. The van der Waals surface area contributed by atoms with E-state index in [9.17, 15) is 0 Å². The van der Waals surface area contributed by atoms with Gasteiger partial charge in [0.15, 0.2) is 0 Å². The summed E-state index contributed by atoms with van der Waals surface area (Å²) >= 11 is 0. The van der Waals surface area contributed by atoms with E-state index >= 15 is 0 Å². The molecule has 2 nitrogen and oxygen atoms in total. The molecule has 0 bridgehead atoms. The number of hydrogen-bond acceptors (Lipinski definition) is 2. The lowest BCUT2D eigenvalue weighted by atomic mass is 9.68. The van der Waals surface area contributed by atoms with E-state index in [1.807, 2.05) is 6.92 Å². The molecule has 0 amide bonds. The summed E-state index contributed by atoms with van der Waals surface area (Å²) in [7, 11) is 0. The predicted molar refractivity (Wildman–Crippen MR) is 97.2 cm³/mol. The molecular formula is C20H35NO. The normalized spacial score (nSPS) is 22.0. The molecule has 1 rings (SSSR count). The van der Waals surface area contributed by atoms with Gasteiger partial charge in [-0.1, -0.05) is 62.9 Å². The molecule has 1 aliphatic carbocycles. The Morgan fingerprint density at radius 3 is 2.73 bits per heavy atom. The molecule has 0 aliphatic heterocycles. The summed E-state index contributed by atoms with van der Waals surface area (Å²) in [5.41, 5.74) is 2.79. The fourth-order valence-corrected chi connectivity index (χ4v) is 3.17. The smallest absolute Gasteiger partial charge is 0.117 e. The van der Waals surface area contributed by atoms with Crippen LogP contribution in [-0.4, -0.2) is 12.3 Å². The van der Waals surface area contributed by atoms with Crippen molar-refractivity contribution in [1.82, 2.24) is 0 Å². The van der Waals surface area contributed by atoms with Crippen molar-refractivity contribution in [3.05, 3.63) is 23.8 Å². The lowest BCUT2D eigenvalue weighted by Gasteiger charge is -2.36. The van der Waals surface area contributed by atoms with Crippen molar-refractivity contribution in [3.8, 4) is 0 Å². The number of unbranched alkanes of at least 4 members (excludes halogenated alkanes) is 4. The second-order valence-electron chi connectivity index (χ2n) is 7.29. The van der Waals surface area contributed by atoms with E-state index in [4.69, 9.17) is 4.84 Å². The molecule has 126 valence electrons. The molecule has 1 atom stereocenters. The molecule has 22 heavy (non-hydrogen) atoms. The quantitative estimate of drug-likeness (QED) is 0.212. The minimum atomic E-state index is 0.343. The zero-order valence-corrected chi connectivity index (χ0v) is 15.3. The predicted octanol–water partition coefficient (Wildman–Crippen LogP) is 6.29. The van der Waals surface area contributed by atoms with Crippen LogP contribution in [0.5, 0.6) is 0 Å². The fourth-order valence-electron chi connectivity index (χ4n) is 3.17. The Labute approximate surface area is 137 Å². The van der Waals surface area contributed by atoms with Gasteiger partial charge >= 0.3 is 0 Å². The van der Waals surface area contributed by atoms with Crippen LogP contribution >= 0.6 is 0 Å². The lowest BCUT2D eigenvalue weighted by Crippen LogP contribution is -2.26. The standard InChI is InChI=1S/C20H35NO/c1-6-7-8-9-10-16-22-21-18(3)13-14-19-17(2)12-11-15-20(19,4)5/h12-14,19H,6-11,15-16H2,1-5H3/b14-13+,21-18-. The van der Waals surface area contributed by atoms with Crippen LogP contribution in [0.25, 0.3) is 0 Å². The van der Waals surface area contributed by atoms with Crippen LogP contribution in [0.4, 0.5) is 0 Å². The van der Waals surface area contributed by atoms with Gasteiger partial charge in [-0.05, 0) is 51.0 Å². The molecule has 0 spiro atoms. The molecule has 0 N–H and O–H groups in total. The molecule has 0 saturated carbocycles. The van der Waals surface area contributed by atoms with Gasteiger partial charge in [-0.2, -0.15) is 0 Å². The van der Waals surface area contributed by atoms with Crippen LogP contribution in [0.2, 0.25) is 0 Å². The molecule has 0 fully saturated rings. The van der Waals surface area contributed by atoms with Crippen molar-refractivity contribution >= 4 is 5.71 Å². The van der Waals surface area contributed by atoms with Crippen molar-refractivity contribution in [3.63, 3.8) is 0 Å². The van der Waals surface area contributed by atoms with E-state index < -0.39 is 0 Å². The third-order valence-electron chi connectivity index (χ3n) is 4.67. The van der Waals surface area contributed by atoms with Crippen molar-refractivity contribution in [2.45, 2.75) is 79.6 Å². The average Bonchev–Trinajstić information content (AvgIpc) is 2.45. The van der Waals surface area contributed by atoms with Gasteiger partial charge < -0.3 is 4.84 Å². The Morgan fingerprint density at radius 2 is 2.05 bits per heavy atom. The van der Waals surface area contributed by atoms with E-state index in [0.717, 1.165) is 18.7 Å². The van der Waals surface area contributed by atoms with Crippen molar-refractivity contribution < 1.29 is 4.84 Å². The number of hydrogen-bond donors (Lipinski definition) is 0. The SMILES string of the molecule is CCCCCCCO/N=C(C)\C=C\C1C(C)=CCCC1(C)C. The molecular weight excluding hydrogens is 270 g/mol. The maximum Gasteiger partial charge on any atom is 0.117 e. The van der Waals surface area contributed by atoms with Gasteiger partial charge in [0.25, 0.3) is 0 Å². The van der Waals surface area contributed by atoms with Gasteiger partial charge in [-0.15, -0.1) is 0 Å². The van der Waals surface area contributed by atoms with Gasteiger partial charge in [-0.25, -0.2) is 0 Å². The first-order valence-electron chi connectivity index (χ1n) is 8.99. The summed E-state index contributed by atoms with van der Waals surface area (Å²) in [6.07, 6.45) is 15.5. The highest BCUT2D eigenvalue weighted by Crippen LogP contribution is 2.41. The van der Waals surface area contributed by atoms with Crippen molar-refractivity contribution in [2.75, 3.05) is 6.61 Å². The Bertz CT molecular complexity index is 404. The van der Waals surface area contributed by atoms with Crippen LogP contribution < -0.4 is 0 Å². The highest BCUT2D eigenvalue weighted by Gasteiger charge is 2.30. The van der Waals surface area contributed by atoms with Crippen LogP contribution in [0.3, 0.4) is 0 Å². The largest absolute Gasteiger partial charge is 0.396 e. The Balaban J connectivity index is 2.36. The summed E-state index contributed by atoms with van der Waals surface area (Å²) in [6, 6.07) is 0. The molecule has 0 radical (unpaired) electrons. The van der Waals surface area contributed by atoms with Crippen LogP contribution in [0.15, 0.2) is 29.0 Å². The Morgan fingerprint density at radius 1 is 1.32 bits per heavy atom. The first-order valence-corrected chi connectivity index (χ1v) is 8.99. The number of rotatable bonds is 9. The second-order valence-corrected chi connectivity index (χ2v) is 7.29. The third kappa shape index (κ3) is 6.81. The van der Waals surface area contributed by atoms with Gasteiger partial charge in [0.05, 0.1) is 5.71 Å². The molecule has 0 heterocycles. The zero-order chi connectivity index (χ0) is 16.4. The summed E-state index contributed by atoms with van der Waals surface area (Å²) in [6.45, 7) is 12.0. The van der Waals surface area contributed by atoms with Crippen LogP contribution in [-0.2, 0) is 4.84 Å². The van der Waals surface area contributed by atoms with E-state index in [2.05, 4.69) is 51.1 Å². The highest BCUT2D eigenvalue weighted by atomic mass is 16.6. The van der Waals surface area contributed by atoms with Gasteiger partial charge in [0, 0.05) is 5.92 Å². The first-order chi connectivity index (χ1) is 10.5. The van der Waals surface area contributed by atoms with Gasteiger partial charge in [0.1, 0.15) is 6.61 Å². The molecule has 1 unspecified atom stereocenters. The minimum Gasteiger partial charge on any atom is -0.396 e. The molecule has 0 aromatic carbocycles. The van der Waals surface area contributed by atoms with E-state index in [1.165, 1.54) is 44.1 Å². The highest BCUT2D eigenvalue weighted by molar-refractivity contribution is 5.92. The zero-order valence-electron chi connectivity index (χ0n) is 15.3. The average molecular weight is 306 g/mol. The van der Waals surface area contributed by atoms with Crippen molar-refractivity contribution in [1.29, 1.82) is 0 Å². The van der Waals surface area contributed by atoms with E-state index in [-0.39, 0.29) is 0 Å². The fraction of sp³-hybridized carbons (Fsp3) is 0.750. The molecule has 2 heteroatoms. The topological polar surface area (TPSA) is 21.6 Å². The molecule has 0 saturated heterocycles. The number of nitrogens with zero attached hydrogens (tertiary/aromatic N) is 1. The number of oxime groups is 1. The Kier molecular flexibility index (Phi) is 8.52. The molecule has 0 aromatic rings. The lowest BCUT2D eigenvalue weighted by molar-refractivity contribution is 0.139. The number of allylic oxidation sites excluding steroid dienone is 4. The van der Waals surface area contributed by atoms with E-state index in [1.54, 1.807) is 0 Å². The molecule has 0 aromatic heterocycles. The second kappa shape index (κ2) is 9.86. The third-order valence-corrected chi connectivity index (χ3v) is 4.67. The Hall–Kier alpha value is -1.05. The van der Waals surface area contributed by atoms with Gasteiger partial charge in [0.2, 0.25) is 0 Å². The summed E-state index contributed by atoms with van der Waals surface area (Å²) in [4.78, 5) is 5.42. The maximum absolute atomic E-state index is 5.42. The van der Waals surface area contributed by atoms with Crippen LogP contribution in [0, 0.1) is 11.3 Å². The van der Waals surface area contributed by atoms with Crippen molar-refractivity contribution in [2.24, 2.45) is 16.5 Å². The van der Waals surface area contributed by atoms with Gasteiger partial charge in [-0.3, -0.25) is 0 Å². The summed E-state index contributed by atoms with van der Waals surface area (Å²) in [5, 5.41) is 4.21. The maximum atomic E-state index is 5.42. The molecule has 1 aliphatic rings. The van der Waals surface area contributed by atoms with Crippen LogP contribution in [0.1, 0.15) is 79.6 Å².